The van der Waals surface area contributed by atoms with E-state index in [1.165, 1.54) is 6.07 Å². The summed E-state index contributed by atoms with van der Waals surface area (Å²) in [5.74, 6) is -2.54. The standard InChI is InChI=1S/C16H22F3N/c1-3-20-15(12-6-8-16(18,19)9-7-12)13-4-5-14(17)11(2)10-13/h4-5,10,12,15,20H,3,6-9H2,1-2H3. The summed E-state index contributed by atoms with van der Waals surface area (Å²) < 4.78 is 39.9. The van der Waals surface area contributed by atoms with E-state index in [9.17, 15) is 13.2 Å². The van der Waals surface area contributed by atoms with Crippen LogP contribution in [-0.2, 0) is 0 Å². The molecule has 0 aromatic heterocycles. The Balaban J connectivity index is 2.16. The smallest absolute Gasteiger partial charge is 0.248 e. The summed E-state index contributed by atoms with van der Waals surface area (Å²) in [5.41, 5.74) is 1.60. The van der Waals surface area contributed by atoms with Crippen LogP contribution in [0.3, 0.4) is 0 Å². The summed E-state index contributed by atoms with van der Waals surface area (Å²) in [7, 11) is 0. The van der Waals surface area contributed by atoms with E-state index in [4.69, 9.17) is 0 Å². The van der Waals surface area contributed by atoms with Crippen LogP contribution in [0.4, 0.5) is 13.2 Å². The molecule has 1 unspecified atom stereocenters. The highest BCUT2D eigenvalue weighted by atomic mass is 19.3. The number of rotatable bonds is 4. The van der Waals surface area contributed by atoms with Gasteiger partial charge in [0.05, 0.1) is 0 Å². The summed E-state index contributed by atoms with van der Waals surface area (Å²) >= 11 is 0. The molecule has 0 saturated heterocycles. The van der Waals surface area contributed by atoms with Gasteiger partial charge in [0, 0.05) is 18.9 Å². The van der Waals surface area contributed by atoms with Crippen LogP contribution in [0.1, 0.15) is 49.8 Å². The molecular weight excluding hydrogens is 263 g/mol. The van der Waals surface area contributed by atoms with E-state index in [1.54, 1.807) is 13.0 Å². The van der Waals surface area contributed by atoms with Gasteiger partial charge in [-0.1, -0.05) is 19.1 Å². The van der Waals surface area contributed by atoms with Crippen LogP contribution in [0, 0.1) is 18.7 Å². The van der Waals surface area contributed by atoms with Crippen molar-refractivity contribution in [3.05, 3.63) is 35.1 Å². The number of hydrogen-bond acceptors (Lipinski definition) is 1. The molecule has 20 heavy (non-hydrogen) atoms. The second-order valence-electron chi connectivity index (χ2n) is 5.74. The molecule has 2 rings (SSSR count). The number of aryl methyl sites for hydroxylation is 1. The molecule has 0 aliphatic heterocycles. The normalized spacial score (nSPS) is 20.9. The van der Waals surface area contributed by atoms with Crippen LogP contribution in [-0.4, -0.2) is 12.5 Å². The molecule has 112 valence electrons. The van der Waals surface area contributed by atoms with E-state index in [0.717, 1.165) is 12.1 Å². The van der Waals surface area contributed by atoms with E-state index in [1.807, 2.05) is 13.0 Å². The van der Waals surface area contributed by atoms with Crippen LogP contribution in [0.25, 0.3) is 0 Å². The first-order chi connectivity index (χ1) is 9.43. The average molecular weight is 285 g/mol. The lowest BCUT2D eigenvalue weighted by atomic mass is 9.79. The molecule has 1 nitrogen and oxygen atoms in total. The number of nitrogens with one attached hydrogen (secondary N) is 1. The fraction of sp³-hybridized carbons (Fsp3) is 0.625. The molecule has 0 radical (unpaired) electrons. The molecule has 0 amide bonds. The molecule has 1 aliphatic carbocycles. The van der Waals surface area contributed by atoms with Gasteiger partial charge < -0.3 is 5.32 Å². The minimum absolute atomic E-state index is 0.0374. The van der Waals surface area contributed by atoms with Gasteiger partial charge in [-0.05, 0) is 49.4 Å². The Labute approximate surface area is 118 Å². The molecule has 1 fully saturated rings. The number of benzene rings is 1. The van der Waals surface area contributed by atoms with Crippen molar-refractivity contribution in [2.45, 2.75) is 51.5 Å². The van der Waals surface area contributed by atoms with Crippen LogP contribution in [0.15, 0.2) is 18.2 Å². The first-order valence-corrected chi connectivity index (χ1v) is 7.30. The Morgan fingerprint density at radius 3 is 2.50 bits per heavy atom. The topological polar surface area (TPSA) is 12.0 Å². The summed E-state index contributed by atoms with van der Waals surface area (Å²) in [6.45, 7) is 4.51. The van der Waals surface area contributed by atoms with Crippen molar-refractivity contribution >= 4 is 0 Å². The second-order valence-corrected chi connectivity index (χ2v) is 5.74. The molecule has 0 bridgehead atoms. The van der Waals surface area contributed by atoms with Crippen LogP contribution in [0.5, 0.6) is 0 Å². The zero-order valence-electron chi connectivity index (χ0n) is 12.1. The largest absolute Gasteiger partial charge is 0.310 e. The lowest BCUT2D eigenvalue weighted by Gasteiger charge is -2.34. The van der Waals surface area contributed by atoms with E-state index in [2.05, 4.69) is 5.32 Å². The van der Waals surface area contributed by atoms with Crippen LogP contribution >= 0.6 is 0 Å². The van der Waals surface area contributed by atoms with Gasteiger partial charge in [-0.25, -0.2) is 13.2 Å². The first kappa shape index (κ1) is 15.4. The summed E-state index contributed by atoms with van der Waals surface area (Å²) in [5, 5.41) is 3.38. The third-order valence-corrected chi connectivity index (χ3v) is 4.20. The average Bonchev–Trinajstić information content (AvgIpc) is 2.40. The lowest BCUT2D eigenvalue weighted by Crippen LogP contribution is -2.34. The highest BCUT2D eigenvalue weighted by Crippen LogP contribution is 2.41. The molecule has 4 heteroatoms. The Bertz CT molecular complexity index is 449. The van der Waals surface area contributed by atoms with Crippen molar-refractivity contribution < 1.29 is 13.2 Å². The maximum absolute atomic E-state index is 13.4. The summed E-state index contributed by atoms with van der Waals surface area (Å²) in [6.07, 6.45) is 0.946. The van der Waals surface area contributed by atoms with Gasteiger partial charge in [0.25, 0.3) is 0 Å². The minimum Gasteiger partial charge on any atom is -0.310 e. The minimum atomic E-state index is -2.51. The van der Waals surface area contributed by atoms with Gasteiger partial charge in [-0.3, -0.25) is 0 Å². The Hall–Kier alpha value is -1.03. The van der Waals surface area contributed by atoms with Crippen molar-refractivity contribution in [3.63, 3.8) is 0 Å². The Kier molecular flexibility index (Phi) is 4.74. The summed E-state index contributed by atoms with van der Waals surface area (Å²) in [4.78, 5) is 0. The van der Waals surface area contributed by atoms with Gasteiger partial charge in [-0.15, -0.1) is 0 Å². The van der Waals surface area contributed by atoms with Crippen molar-refractivity contribution in [3.8, 4) is 0 Å². The maximum atomic E-state index is 13.4. The van der Waals surface area contributed by atoms with Gasteiger partial charge in [-0.2, -0.15) is 0 Å². The van der Waals surface area contributed by atoms with Crippen LogP contribution in [0.2, 0.25) is 0 Å². The second kappa shape index (κ2) is 6.17. The fourth-order valence-corrected chi connectivity index (χ4v) is 3.03. The zero-order valence-corrected chi connectivity index (χ0v) is 12.1. The van der Waals surface area contributed by atoms with Crippen molar-refractivity contribution in [2.24, 2.45) is 5.92 Å². The number of alkyl halides is 2. The first-order valence-electron chi connectivity index (χ1n) is 7.30. The van der Waals surface area contributed by atoms with E-state index < -0.39 is 5.92 Å². The molecule has 1 atom stereocenters. The molecule has 1 aromatic carbocycles. The third kappa shape index (κ3) is 3.54. The molecule has 1 aliphatic rings. The molecule has 0 spiro atoms. The maximum Gasteiger partial charge on any atom is 0.248 e. The van der Waals surface area contributed by atoms with Gasteiger partial charge in [0.1, 0.15) is 5.82 Å². The zero-order chi connectivity index (χ0) is 14.8. The number of hydrogen-bond donors (Lipinski definition) is 1. The van der Waals surface area contributed by atoms with E-state index in [-0.39, 0.29) is 30.6 Å². The third-order valence-electron chi connectivity index (χ3n) is 4.20. The predicted molar refractivity (Wildman–Crippen MR) is 74.5 cm³/mol. The predicted octanol–water partition coefficient (Wildman–Crippen LogP) is 4.61. The van der Waals surface area contributed by atoms with Crippen molar-refractivity contribution in [1.29, 1.82) is 0 Å². The summed E-state index contributed by atoms with van der Waals surface area (Å²) in [6, 6.07) is 5.10. The molecule has 1 aromatic rings. The fourth-order valence-electron chi connectivity index (χ4n) is 3.03. The van der Waals surface area contributed by atoms with Gasteiger partial charge in [0.2, 0.25) is 5.92 Å². The van der Waals surface area contributed by atoms with E-state index >= 15 is 0 Å². The molecule has 0 heterocycles. The van der Waals surface area contributed by atoms with Crippen molar-refractivity contribution in [1.82, 2.24) is 5.32 Å². The quantitative estimate of drug-likeness (QED) is 0.851. The SMILES string of the molecule is CCNC(c1ccc(F)c(C)c1)C1CCC(F)(F)CC1. The van der Waals surface area contributed by atoms with Gasteiger partial charge in [0.15, 0.2) is 0 Å². The number of halogens is 3. The molecule has 1 saturated carbocycles. The highest BCUT2D eigenvalue weighted by Gasteiger charge is 2.37. The van der Waals surface area contributed by atoms with E-state index in [0.29, 0.717) is 18.4 Å². The van der Waals surface area contributed by atoms with Gasteiger partial charge >= 0.3 is 0 Å². The monoisotopic (exact) mass is 285 g/mol. The Morgan fingerprint density at radius 2 is 1.95 bits per heavy atom. The van der Waals surface area contributed by atoms with Crippen LogP contribution < -0.4 is 5.32 Å². The van der Waals surface area contributed by atoms with Crippen molar-refractivity contribution in [2.75, 3.05) is 6.54 Å². The Morgan fingerprint density at radius 1 is 1.30 bits per heavy atom. The molecule has 1 N–H and O–H groups in total. The molecular formula is C16H22F3N. The lowest BCUT2D eigenvalue weighted by molar-refractivity contribution is -0.0497. The highest BCUT2D eigenvalue weighted by molar-refractivity contribution is 5.27.